The highest BCUT2D eigenvalue weighted by Crippen LogP contribution is 2.21. The molecule has 0 saturated carbocycles. The maximum atomic E-state index is 11.2. The van der Waals surface area contributed by atoms with Crippen LogP contribution >= 0.6 is 0 Å². The molecule has 0 aliphatic heterocycles. The predicted octanol–water partition coefficient (Wildman–Crippen LogP) is 0.831. The van der Waals surface area contributed by atoms with Crippen LogP contribution in [-0.2, 0) is 6.42 Å². The third-order valence-electron chi connectivity index (χ3n) is 2.50. The normalized spacial score (nSPS) is 10.4. The number of nitro benzene ring substituents is 1. The molecule has 0 spiro atoms. The molecule has 0 amide bonds. The molecule has 0 aliphatic carbocycles. The molecule has 1 aromatic carbocycles. The first-order valence-corrected chi connectivity index (χ1v) is 5.34. The smallest absolute Gasteiger partial charge is 0.338 e. The topological polar surface area (TPSA) is 124 Å². The number of benzene rings is 1. The zero-order valence-electron chi connectivity index (χ0n) is 9.85. The van der Waals surface area contributed by atoms with Gasteiger partial charge in [0.05, 0.1) is 16.2 Å². The number of aryl methyl sites for hydroxylation is 1. The van der Waals surface area contributed by atoms with Crippen LogP contribution in [-0.4, -0.2) is 36.2 Å². The van der Waals surface area contributed by atoms with Gasteiger partial charge in [-0.15, -0.1) is 5.10 Å². The van der Waals surface area contributed by atoms with Crippen molar-refractivity contribution in [2.75, 3.05) is 0 Å². The van der Waals surface area contributed by atoms with Gasteiger partial charge < -0.3 is 5.11 Å². The Labute approximate surface area is 106 Å². The predicted molar refractivity (Wildman–Crippen MR) is 62.1 cm³/mol. The molecule has 0 aliphatic rings. The van der Waals surface area contributed by atoms with Gasteiger partial charge in [0.25, 0.3) is 5.69 Å². The molecule has 1 aromatic heterocycles. The van der Waals surface area contributed by atoms with E-state index in [1.165, 1.54) is 16.8 Å². The summed E-state index contributed by atoms with van der Waals surface area (Å²) in [6.07, 6.45) is 0.503. The number of aromatic nitrogens is 4. The molecule has 98 valence electrons. The minimum atomic E-state index is -1.28. The third-order valence-corrected chi connectivity index (χ3v) is 2.50. The lowest BCUT2D eigenvalue weighted by atomic mass is 10.1. The second-order valence-corrected chi connectivity index (χ2v) is 3.62. The Bertz CT molecular complexity index is 651. The van der Waals surface area contributed by atoms with E-state index in [9.17, 15) is 14.9 Å². The van der Waals surface area contributed by atoms with Crippen molar-refractivity contribution in [2.24, 2.45) is 0 Å². The Morgan fingerprint density at radius 2 is 2.26 bits per heavy atom. The number of carboxylic acid groups (broad SMARTS) is 1. The van der Waals surface area contributed by atoms with E-state index >= 15 is 0 Å². The monoisotopic (exact) mass is 263 g/mol. The van der Waals surface area contributed by atoms with Crippen LogP contribution in [0.4, 0.5) is 5.69 Å². The summed E-state index contributed by atoms with van der Waals surface area (Å²) < 4.78 is 1.26. The average molecular weight is 263 g/mol. The van der Waals surface area contributed by atoms with E-state index in [0.717, 1.165) is 6.07 Å². The molecule has 0 unspecified atom stereocenters. The van der Waals surface area contributed by atoms with Crippen LogP contribution in [0.2, 0.25) is 0 Å². The molecule has 19 heavy (non-hydrogen) atoms. The van der Waals surface area contributed by atoms with E-state index < -0.39 is 10.9 Å². The molecular formula is C10H9N5O4. The molecule has 0 fully saturated rings. The quantitative estimate of drug-likeness (QED) is 0.639. The van der Waals surface area contributed by atoms with Gasteiger partial charge in [0.15, 0.2) is 5.82 Å². The summed E-state index contributed by atoms with van der Waals surface area (Å²) in [7, 11) is 0. The van der Waals surface area contributed by atoms with Gasteiger partial charge in [-0.05, 0) is 16.5 Å². The number of aromatic carboxylic acids is 1. The summed E-state index contributed by atoms with van der Waals surface area (Å²) in [4.78, 5) is 21.2. The molecule has 1 heterocycles. The fraction of sp³-hybridized carbons (Fsp3) is 0.200. The molecule has 0 saturated heterocycles. The van der Waals surface area contributed by atoms with Crippen molar-refractivity contribution in [1.29, 1.82) is 0 Å². The van der Waals surface area contributed by atoms with Crippen LogP contribution in [0.5, 0.6) is 0 Å². The Kier molecular flexibility index (Phi) is 3.19. The fourth-order valence-electron chi connectivity index (χ4n) is 1.61. The van der Waals surface area contributed by atoms with Crippen molar-refractivity contribution in [2.45, 2.75) is 13.3 Å². The molecule has 0 radical (unpaired) electrons. The Balaban J connectivity index is 2.63. The average Bonchev–Trinajstić information content (AvgIpc) is 2.85. The Hall–Kier alpha value is -2.84. The highest BCUT2D eigenvalue weighted by Gasteiger charge is 2.19. The van der Waals surface area contributed by atoms with Gasteiger partial charge in [0.2, 0.25) is 0 Å². The number of nitro groups is 1. The van der Waals surface area contributed by atoms with Crippen LogP contribution in [0.1, 0.15) is 23.1 Å². The first-order valence-electron chi connectivity index (χ1n) is 5.34. The highest BCUT2D eigenvalue weighted by molar-refractivity contribution is 5.92. The standard InChI is InChI=1S/C10H9N5O4/c1-2-9-11-12-13-14(9)8-4-3-6(15(18)19)5-7(8)10(16)17/h3-5H,2H2,1H3,(H,16,17). The number of hydrogen-bond donors (Lipinski definition) is 1. The zero-order valence-corrected chi connectivity index (χ0v) is 9.85. The SMILES string of the molecule is CCc1nnnn1-c1ccc([N+](=O)[O-])cc1C(=O)O. The largest absolute Gasteiger partial charge is 0.478 e. The molecule has 0 bridgehead atoms. The van der Waals surface area contributed by atoms with Gasteiger partial charge in [-0.3, -0.25) is 10.1 Å². The Morgan fingerprint density at radius 3 is 2.84 bits per heavy atom. The van der Waals surface area contributed by atoms with Crippen molar-refractivity contribution in [3.63, 3.8) is 0 Å². The van der Waals surface area contributed by atoms with E-state index in [1.807, 2.05) is 6.92 Å². The van der Waals surface area contributed by atoms with Crippen LogP contribution in [0.15, 0.2) is 18.2 Å². The maximum Gasteiger partial charge on any atom is 0.338 e. The maximum absolute atomic E-state index is 11.2. The minimum absolute atomic E-state index is 0.194. The number of hydrogen-bond acceptors (Lipinski definition) is 6. The lowest BCUT2D eigenvalue weighted by Crippen LogP contribution is -2.10. The summed E-state index contributed by atoms with van der Waals surface area (Å²) in [6, 6.07) is 3.51. The lowest BCUT2D eigenvalue weighted by Gasteiger charge is -2.06. The highest BCUT2D eigenvalue weighted by atomic mass is 16.6. The summed E-state index contributed by atoms with van der Waals surface area (Å²) in [6.45, 7) is 1.81. The second-order valence-electron chi connectivity index (χ2n) is 3.62. The number of rotatable bonds is 4. The van der Waals surface area contributed by atoms with Crippen molar-refractivity contribution < 1.29 is 14.8 Å². The van der Waals surface area contributed by atoms with Gasteiger partial charge in [-0.25, -0.2) is 4.79 Å². The van der Waals surface area contributed by atoms with Gasteiger partial charge >= 0.3 is 5.97 Å². The summed E-state index contributed by atoms with van der Waals surface area (Å²) in [5, 5.41) is 30.7. The van der Waals surface area contributed by atoms with Gasteiger partial charge in [-0.2, -0.15) is 4.68 Å². The van der Waals surface area contributed by atoms with Gasteiger partial charge in [0.1, 0.15) is 0 Å². The van der Waals surface area contributed by atoms with Crippen molar-refractivity contribution >= 4 is 11.7 Å². The van der Waals surface area contributed by atoms with E-state index in [1.54, 1.807) is 0 Å². The number of tetrazole rings is 1. The number of non-ortho nitro benzene ring substituents is 1. The van der Waals surface area contributed by atoms with E-state index in [-0.39, 0.29) is 16.9 Å². The van der Waals surface area contributed by atoms with E-state index in [0.29, 0.717) is 12.2 Å². The molecule has 1 N–H and O–H groups in total. The lowest BCUT2D eigenvalue weighted by molar-refractivity contribution is -0.384. The molecule has 0 atom stereocenters. The van der Waals surface area contributed by atoms with E-state index in [2.05, 4.69) is 15.5 Å². The number of nitrogens with zero attached hydrogens (tertiary/aromatic N) is 5. The number of carboxylic acids is 1. The van der Waals surface area contributed by atoms with Gasteiger partial charge in [-0.1, -0.05) is 6.92 Å². The molecule has 9 heteroatoms. The van der Waals surface area contributed by atoms with Crippen molar-refractivity contribution in [3.05, 3.63) is 39.7 Å². The van der Waals surface area contributed by atoms with Gasteiger partial charge in [0, 0.05) is 18.6 Å². The van der Waals surface area contributed by atoms with Crippen molar-refractivity contribution in [1.82, 2.24) is 20.2 Å². The summed E-state index contributed by atoms with van der Waals surface area (Å²) in [5.74, 6) is -0.812. The number of carbonyl (C=O) groups is 1. The molecule has 2 rings (SSSR count). The first kappa shape index (κ1) is 12.6. The fourth-order valence-corrected chi connectivity index (χ4v) is 1.61. The third kappa shape index (κ3) is 2.25. The van der Waals surface area contributed by atoms with Crippen LogP contribution < -0.4 is 0 Å². The van der Waals surface area contributed by atoms with Crippen LogP contribution in [0, 0.1) is 10.1 Å². The minimum Gasteiger partial charge on any atom is -0.478 e. The molecule has 9 nitrogen and oxygen atoms in total. The van der Waals surface area contributed by atoms with E-state index in [4.69, 9.17) is 5.11 Å². The van der Waals surface area contributed by atoms with Crippen LogP contribution in [0.3, 0.4) is 0 Å². The molecule has 2 aromatic rings. The molecular weight excluding hydrogens is 254 g/mol. The van der Waals surface area contributed by atoms with Crippen LogP contribution in [0.25, 0.3) is 5.69 Å². The zero-order chi connectivity index (χ0) is 14.0. The summed E-state index contributed by atoms with van der Waals surface area (Å²) >= 11 is 0. The Morgan fingerprint density at radius 1 is 1.53 bits per heavy atom. The summed E-state index contributed by atoms with van der Waals surface area (Å²) in [5.41, 5.74) is -0.330. The first-order chi connectivity index (χ1) is 9.04. The second kappa shape index (κ2) is 4.80. The van der Waals surface area contributed by atoms with Crippen molar-refractivity contribution in [3.8, 4) is 5.69 Å².